The molecule has 2 N–H and O–H groups in total. The number of nitrogens with zero attached hydrogens (tertiary/aromatic N) is 1. The first-order valence-electron chi connectivity index (χ1n) is 12.2. The smallest absolute Gasteiger partial charge is 0.407 e. The van der Waals surface area contributed by atoms with Crippen LogP contribution >= 0.6 is 11.8 Å². The maximum atomic E-state index is 13.8. The van der Waals surface area contributed by atoms with Gasteiger partial charge < -0.3 is 29.2 Å². The van der Waals surface area contributed by atoms with Crippen molar-refractivity contribution in [2.24, 2.45) is 0 Å². The summed E-state index contributed by atoms with van der Waals surface area (Å²) in [4.78, 5) is 37.6. The fourth-order valence-corrected chi connectivity index (χ4v) is 4.18. The summed E-state index contributed by atoms with van der Waals surface area (Å²) < 4.78 is 43.8. The zero-order valence-electron chi connectivity index (χ0n) is 22.5. The predicted molar refractivity (Wildman–Crippen MR) is 144 cm³/mol. The number of hydrogen-bond acceptors (Lipinski definition) is 7. The van der Waals surface area contributed by atoms with E-state index in [1.165, 1.54) is 23.9 Å². The van der Waals surface area contributed by atoms with Crippen LogP contribution in [0.1, 0.15) is 37.1 Å². The standard InChI is InChI=1S/C28H30F2N2O7S/c1-28(2,3)39-27(36)31-11-12-32(15-25(33)34)26(35)23-10-9-19(38-23)16-37-18-7-5-17(6-8-18)20-13-21(29)22(30)14-24(20)40-4/h5-10,13-14H,11-12,15-16H2,1-4H3,(H,31,36)(H,33,34). The Labute approximate surface area is 234 Å². The molecule has 0 saturated carbocycles. The highest BCUT2D eigenvalue weighted by Gasteiger charge is 2.23. The average Bonchev–Trinajstić information content (AvgIpc) is 3.36. The summed E-state index contributed by atoms with van der Waals surface area (Å²) in [6.07, 6.45) is 1.09. The van der Waals surface area contributed by atoms with Crippen molar-refractivity contribution in [2.75, 3.05) is 25.9 Å². The number of halogens is 2. The SMILES string of the molecule is CSc1cc(F)c(F)cc1-c1ccc(OCc2ccc(C(=O)N(CCNC(=O)OC(C)(C)C)CC(=O)O)o2)cc1. The summed E-state index contributed by atoms with van der Waals surface area (Å²) in [6, 6.07) is 12.0. The van der Waals surface area contributed by atoms with E-state index in [0.717, 1.165) is 17.0 Å². The molecule has 0 bridgehead atoms. The molecule has 2 aromatic carbocycles. The van der Waals surface area contributed by atoms with Gasteiger partial charge >= 0.3 is 12.1 Å². The number of carbonyl (C=O) groups is 3. The van der Waals surface area contributed by atoms with Crippen molar-refractivity contribution in [2.45, 2.75) is 37.9 Å². The molecule has 0 unspecified atom stereocenters. The van der Waals surface area contributed by atoms with Gasteiger partial charge in [0, 0.05) is 18.0 Å². The first-order valence-corrected chi connectivity index (χ1v) is 13.4. The van der Waals surface area contributed by atoms with Crippen LogP contribution < -0.4 is 10.1 Å². The molecule has 0 radical (unpaired) electrons. The lowest BCUT2D eigenvalue weighted by molar-refractivity contribution is -0.137. The molecule has 9 nitrogen and oxygen atoms in total. The molecule has 3 aromatic rings. The third kappa shape index (κ3) is 8.73. The third-order valence-electron chi connectivity index (χ3n) is 5.32. The maximum absolute atomic E-state index is 13.8. The number of hydrogen-bond donors (Lipinski definition) is 2. The Bertz CT molecular complexity index is 1350. The number of amides is 2. The number of carboxylic acid groups (broad SMARTS) is 1. The van der Waals surface area contributed by atoms with Gasteiger partial charge in [0.1, 0.15) is 30.3 Å². The van der Waals surface area contributed by atoms with E-state index in [1.54, 1.807) is 51.3 Å². The van der Waals surface area contributed by atoms with Crippen molar-refractivity contribution in [1.82, 2.24) is 10.2 Å². The van der Waals surface area contributed by atoms with Crippen molar-refractivity contribution < 1.29 is 42.2 Å². The van der Waals surface area contributed by atoms with Crippen LogP contribution in [0.25, 0.3) is 11.1 Å². The average molecular weight is 577 g/mol. The number of alkyl carbamates (subject to hydrolysis) is 1. The van der Waals surface area contributed by atoms with Crippen LogP contribution in [0, 0.1) is 11.6 Å². The van der Waals surface area contributed by atoms with Crippen LogP contribution in [-0.4, -0.2) is 59.5 Å². The maximum Gasteiger partial charge on any atom is 0.407 e. The molecule has 12 heteroatoms. The Morgan fingerprint density at radius 1 is 1.05 bits per heavy atom. The molecule has 0 fully saturated rings. The Kier molecular flexibility index (Phi) is 10.2. The summed E-state index contributed by atoms with van der Waals surface area (Å²) in [6.45, 7) is 4.40. The lowest BCUT2D eigenvalue weighted by atomic mass is 10.1. The number of aliphatic carboxylic acids is 1. The highest BCUT2D eigenvalue weighted by atomic mass is 32.2. The van der Waals surface area contributed by atoms with Gasteiger partial charge in [-0.2, -0.15) is 0 Å². The van der Waals surface area contributed by atoms with Crippen LogP contribution in [0.5, 0.6) is 5.75 Å². The number of rotatable bonds is 11. The fourth-order valence-electron chi connectivity index (χ4n) is 3.56. The number of carboxylic acids is 1. The number of thioether (sulfide) groups is 1. The molecule has 1 aromatic heterocycles. The van der Waals surface area contributed by atoms with Crippen LogP contribution in [-0.2, 0) is 16.1 Å². The molecule has 0 aliphatic rings. The lowest BCUT2D eigenvalue weighted by Crippen LogP contribution is -2.42. The van der Waals surface area contributed by atoms with E-state index in [0.29, 0.717) is 27.5 Å². The van der Waals surface area contributed by atoms with Gasteiger partial charge in [0.15, 0.2) is 17.4 Å². The first-order chi connectivity index (χ1) is 18.9. The Morgan fingerprint density at radius 2 is 1.73 bits per heavy atom. The minimum absolute atomic E-state index is 0.0208. The van der Waals surface area contributed by atoms with Gasteiger partial charge in [0.2, 0.25) is 0 Å². The molecule has 0 aliphatic heterocycles. The highest BCUT2D eigenvalue weighted by molar-refractivity contribution is 7.98. The Balaban J connectivity index is 1.60. The van der Waals surface area contributed by atoms with Gasteiger partial charge in [-0.15, -0.1) is 11.8 Å². The number of furan rings is 1. The second-order valence-electron chi connectivity index (χ2n) is 9.59. The summed E-state index contributed by atoms with van der Waals surface area (Å²) in [7, 11) is 0. The second-order valence-corrected chi connectivity index (χ2v) is 10.4. The fraction of sp³-hybridized carbons (Fsp3) is 0.321. The van der Waals surface area contributed by atoms with Crippen molar-refractivity contribution in [3.8, 4) is 16.9 Å². The molecule has 0 atom stereocenters. The topological polar surface area (TPSA) is 118 Å². The number of nitrogens with one attached hydrogen (secondary N) is 1. The molecule has 2 amide bonds. The zero-order chi connectivity index (χ0) is 29.4. The van der Waals surface area contributed by atoms with E-state index >= 15 is 0 Å². The Hall–Kier alpha value is -4.06. The predicted octanol–water partition coefficient (Wildman–Crippen LogP) is 5.58. The van der Waals surface area contributed by atoms with E-state index < -0.39 is 41.7 Å². The monoisotopic (exact) mass is 576 g/mol. The van der Waals surface area contributed by atoms with Gasteiger partial charge in [-0.1, -0.05) is 12.1 Å². The minimum atomic E-state index is -1.22. The summed E-state index contributed by atoms with van der Waals surface area (Å²) >= 11 is 1.30. The number of benzene rings is 2. The van der Waals surface area contributed by atoms with Crippen molar-refractivity contribution in [3.05, 3.63) is 71.7 Å². The minimum Gasteiger partial charge on any atom is -0.486 e. The molecular formula is C28H30F2N2O7S. The third-order valence-corrected chi connectivity index (χ3v) is 6.10. The van der Waals surface area contributed by atoms with E-state index in [2.05, 4.69) is 5.32 Å². The van der Waals surface area contributed by atoms with Crippen LogP contribution in [0.2, 0.25) is 0 Å². The lowest BCUT2D eigenvalue weighted by Gasteiger charge is -2.22. The van der Waals surface area contributed by atoms with Crippen LogP contribution in [0.4, 0.5) is 13.6 Å². The summed E-state index contributed by atoms with van der Waals surface area (Å²) in [5.74, 6) is -3.03. The van der Waals surface area contributed by atoms with E-state index in [9.17, 15) is 28.3 Å². The van der Waals surface area contributed by atoms with Gasteiger partial charge in [0.05, 0.1) is 0 Å². The Morgan fingerprint density at radius 3 is 2.35 bits per heavy atom. The second kappa shape index (κ2) is 13.3. The van der Waals surface area contributed by atoms with Crippen LogP contribution in [0.15, 0.2) is 57.8 Å². The quantitative estimate of drug-likeness (QED) is 0.284. The van der Waals surface area contributed by atoms with E-state index in [1.807, 2.05) is 0 Å². The van der Waals surface area contributed by atoms with Gasteiger partial charge in [-0.25, -0.2) is 13.6 Å². The van der Waals surface area contributed by atoms with E-state index in [4.69, 9.17) is 13.9 Å². The number of carbonyl (C=O) groups excluding carboxylic acids is 2. The molecule has 40 heavy (non-hydrogen) atoms. The van der Waals surface area contributed by atoms with Gasteiger partial charge in [0.25, 0.3) is 5.91 Å². The number of ether oxygens (including phenoxy) is 2. The molecule has 0 saturated heterocycles. The summed E-state index contributed by atoms with van der Waals surface area (Å²) in [5, 5.41) is 11.7. The van der Waals surface area contributed by atoms with Crippen LogP contribution in [0.3, 0.4) is 0 Å². The van der Waals surface area contributed by atoms with Crippen molar-refractivity contribution in [1.29, 1.82) is 0 Å². The largest absolute Gasteiger partial charge is 0.486 e. The molecule has 214 valence electrons. The zero-order valence-corrected chi connectivity index (χ0v) is 23.3. The molecule has 3 rings (SSSR count). The van der Waals surface area contributed by atoms with Gasteiger partial charge in [-0.3, -0.25) is 9.59 Å². The first kappa shape index (κ1) is 30.5. The molecule has 1 heterocycles. The van der Waals surface area contributed by atoms with E-state index in [-0.39, 0.29) is 25.5 Å². The summed E-state index contributed by atoms with van der Waals surface area (Å²) in [5.41, 5.74) is 0.537. The normalized spacial score (nSPS) is 11.2. The molecule has 0 spiro atoms. The van der Waals surface area contributed by atoms with Crippen molar-refractivity contribution in [3.63, 3.8) is 0 Å². The van der Waals surface area contributed by atoms with Gasteiger partial charge in [-0.05, 0) is 74.6 Å². The van der Waals surface area contributed by atoms with Crippen molar-refractivity contribution >= 4 is 29.7 Å². The molecule has 0 aliphatic carbocycles. The highest BCUT2D eigenvalue weighted by Crippen LogP contribution is 2.33. The molecular weight excluding hydrogens is 546 g/mol.